The third-order valence-corrected chi connectivity index (χ3v) is 5.92. The van der Waals surface area contributed by atoms with Crippen molar-refractivity contribution in [2.24, 2.45) is 0 Å². The molecule has 9 heteroatoms. The van der Waals surface area contributed by atoms with E-state index in [1.54, 1.807) is 66.7 Å². The number of amides is 3. The van der Waals surface area contributed by atoms with Gasteiger partial charge in [-0.2, -0.15) is 0 Å². The lowest BCUT2D eigenvalue weighted by atomic mass is 10.1. The number of imide groups is 1. The highest BCUT2D eigenvalue weighted by molar-refractivity contribution is 6.53. The fourth-order valence-corrected chi connectivity index (χ4v) is 3.86. The standard InChI is InChI=1S/C27H22ClN3O5/c1-15-4-13-22(36-3)21(14-15)31-26(34)23(28)24(27(31)35)29-19-11-7-18(8-12-19)25(33)30-20-9-5-17(6-10-20)16(2)32/h4-14,29H,1-3H3,(H,30,33). The molecule has 4 rings (SSSR count). The molecule has 0 radical (unpaired) electrons. The average molecular weight is 504 g/mol. The number of halogens is 1. The molecule has 1 heterocycles. The number of hydrogen-bond acceptors (Lipinski definition) is 6. The molecule has 1 aliphatic heterocycles. The smallest absolute Gasteiger partial charge is 0.283 e. The van der Waals surface area contributed by atoms with E-state index in [0.717, 1.165) is 10.5 Å². The normalized spacial score (nSPS) is 13.2. The summed E-state index contributed by atoms with van der Waals surface area (Å²) in [5, 5.41) is 5.39. The lowest BCUT2D eigenvalue weighted by Crippen LogP contribution is -2.32. The van der Waals surface area contributed by atoms with Gasteiger partial charge in [0.2, 0.25) is 0 Å². The number of aryl methyl sites for hydroxylation is 1. The number of rotatable bonds is 7. The number of nitrogens with zero attached hydrogens (tertiary/aromatic N) is 1. The van der Waals surface area contributed by atoms with E-state index in [4.69, 9.17) is 16.3 Å². The van der Waals surface area contributed by atoms with Gasteiger partial charge in [0.1, 0.15) is 16.5 Å². The number of carbonyl (C=O) groups is 4. The number of ketones is 1. The van der Waals surface area contributed by atoms with Crippen LogP contribution in [0.2, 0.25) is 0 Å². The van der Waals surface area contributed by atoms with Crippen molar-refractivity contribution >= 4 is 52.2 Å². The van der Waals surface area contributed by atoms with Crippen LogP contribution < -0.4 is 20.3 Å². The van der Waals surface area contributed by atoms with Crippen LogP contribution in [0.4, 0.5) is 17.1 Å². The first-order valence-corrected chi connectivity index (χ1v) is 11.3. The van der Waals surface area contributed by atoms with Crippen LogP contribution in [0, 0.1) is 6.92 Å². The summed E-state index contributed by atoms with van der Waals surface area (Å²) in [6, 6.07) is 18.0. The molecule has 0 atom stereocenters. The number of ether oxygens (including phenoxy) is 1. The number of methoxy groups -OCH3 is 1. The highest BCUT2D eigenvalue weighted by Crippen LogP contribution is 2.36. The molecule has 3 aromatic rings. The Balaban J connectivity index is 1.48. The molecule has 0 fully saturated rings. The Morgan fingerprint density at radius 2 is 1.47 bits per heavy atom. The molecule has 2 N–H and O–H groups in total. The largest absolute Gasteiger partial charge is 0.495 e. The van der Waals surface area contributed by atoms with Crippen molar-refractivity contribution in [2.75, 3.05) is 22.6 Å². The number of carbonyl (C=O) groups excluding carboxylic acids is 4. The molecule has 182 valence electrons. The second-order valence-corrected chi connectivity index (χ2v) is 8.48. The van der Waals surface area contributed by atoms with Crippen LogP contribution >= 0.6 is 11.6 Å². The third-order valence-electron chi connectivity index (χ3n) is 5.57. The molecule has 0 spiro atoms. The minimum atomic E-state index is -0.667. The fraction of sp³-hybridized carbons (Fsp3) is 0.111. The Kier molecular flexibility index (Phi) is 6.89. The second-order valence-electron chi connectivity index (χ2n) is 8.10. The summed E-state index contributed by atoms with van der Waals surface area (Å²) in [7, 11) is 1.45. The van der Waals surface area contributed by atoms with Gasteiger partial charge in [-0.3, -0.25) is 19.2 Å². The Morgan fingerprint density at radius 1 is 0.861 bits per heavy atom. The molecule has 8 nitrogen and oxygen atoms in total. The van der Waals surface area contributed by atoms with Gasteiger partial charge < -0.3 is 15.4 Å². The van der Waals surface area contributed by atoms with Crippen LogP contribution in [0.3, 0.4) is 0 Å². The maximum absolute atomic E-state index is 13.1. The second kappa shape index (κ2) is 10.1. The monoisotopic (exact) mass is 503 g/mol. The van der Waals surface area contributed by atoms with Crippen LogP contribution in [0.5, 0.6) is 5.75 Å². The summed E-state index contributed by atoms with van der Waals surface area (Å²) < 4.78 is 5.31. The Bertz CT molecular complexity index is 1410. The number of Topliss-reactive ketones (excluding diaryl/α,β-unsaturated/α-hetero) is 1. The number of nitrogens with one attached hydrogen (secondary N) is 2. The van der Waals surface area contributed by atoms with Crippen molar-refractivity contribution in [2.45, 2.75) is 13.8 Å². The van der Waals surface area contributed by atoms with Crippen LogP contribution in [0.25, 0.3) is 0 Å². The summed E-state index contributed by atoms with van der Waals surface area (Å²) in [5.41, 5.74) is 2.99. The Hall–Kier alpha value is -4.43. The Morgan fingerprint density at radius 3 is 2.08 bits per heavy atom. The maximum Gasteiger partial charge on any atom is 0.283 e. The molecule has 1 aliphatic rings. The first-order chi connectivity index (χ1) is 17.2. The predicted octanol–water partition coefficient (Wildman–Crippen LogP) is 4.89. The zero-order valence-corrected chi connectivity index (χ0v) is 20.5. The first-order valence-electron chi connectivity index (χ1n) is 10.9. The molecular formula is C27H22ClN3O5. The molecular weight excluding hydrogens is 482 g/mol. The Labute approximate surface area is 212 Å². The topological polar surface area (TPSA) is 105 Å². The molecule has 0 aliphatic carbocycles. The van der Waals surface area contributed by atoms with E-state index in [9.17, 15) is 19.2 Å². The summed E-state index contributed by atoms with van der Waals surface area (Å²) in [4.78, 5) is 50.9. The van der Waals surface area contributed by atoms with Gasteiger partial charge in [-0.1, -0.05) is 17.7 Å². The van der Waals surface area contributed by atoms with E-state index in [1.165, 1.54) is 14.0 Å². The third kappa shape index (κ3) is 4.85. The van der Waals surface area contributed by atoms with E-state index in [2.05, 4.69) is 10.6 Å². The van der Waals surface area contributed by atoms with Crippen molar-refractivity contribution in [1.29, 1.82) is 0 Å². The van der Waals surface area contributed by atoms with Crippen molar-refractivity contribution in [3.8, 4) is 5.75 Å². The van der Waals surface area contributed by atoms with Crippen LogP contribution in [-0.4, -0.2) is 30.6 Å². The predicted molar refractivity (Wildman–Crippen MR) is 138 cm³/mol. The van der Waals surface area contributed by atoms with Crippen LogP contribution in [0.1, 0.15) is 33.2 Å². The highest BCUT2D eigenvalue weighted by Gasteiger charge is 2.40. The van der Waals surface area contributed by atoms with Gasteiger partial charge in [-0.05, 0) is 80.1 Å². The summed E-state index contributed by atoms with van der Waals surface area (Å²) >= 11 is 6.24. The SMILES string of the molecule is COc1ccc(C)cc1N1C(=O)C(Cl)=C(Nc2ccc(C(=O)Nc3ccc(C(C)=O)cc3)cc2)C1=O. The van der Waals surface area contributed by atoms with Crippen molar-refractivity contribution < 1.29 is 23.9 Å². The molecule has 36 heavy (non-hydrogen) atoms. The van der Waals surface area contributed by atoms with E-state index >= 15 is 0 Å². The maximum atomic E-state index is 13.1. The molecule has 3 amide bonds. The summed E-state index contributed by atoms with van der Waals surface area (Å²) in [5.74, 6) is -1.34. The van der Waals surface area contributed by atoms with E-state index < -0.39 is 11.8 Å². The quantitative estimate of drug-likeness (QED) is 0.351. The number of anilines is 3. The van der Waals surface area contributed by atoms with Crippen LogP contribution in [0.15, 0.2) is 77.5 Å². The summed E-state index contributed by atoms with van der Waals surface area (Å²) in [6.45, 7) is 3.31. The van der Waals surface area contributed by atoms with E-state index in [1.807, 2.05) is 6.92 Å². The van der Waals surface area contributed by atoms with Gasteiger partial charge in [0.15, 0.2) is 5.78 Å². The van der Waals surface area contributed by atoms with Gasteiger partial charge in [-0.15, -0.1) is 0 Å². The van der Waals surface area contributed by atoms with Crippen molar-refractivity contribution in [1.82, 2.24) is 0 Å². The minimum absolute atomic E-state index is 0.0604. The molecule has 0 bridgehead atoms. The lowest BCUT2D eigenvalue weighted by Gasteiger charge is -2.18. The lowest BCUT2D eigenvalue weighted by molar-refractivity contribution is -0.120. The molecule has 0 unspecified atom stereocenters. The van der Waals surface area contributed by atoms with E-state index in [0.29, 0.717) is 33.9 Å². The van der Waals surface area contributed by atoms with E-state index in [-0.39, 0.29) is 22.4 Å². The highest BCUT2D eigenvalue weighted by atomic mass is 35.5. The zero-order valence-electron chi connectivity index (χ0n) is 19.7. The molecule has 0 saturated carbocycles. The minimum Gasteiger partial charge on any atom is -0.495 e. The van der Waals surface area contributed by atoms with Gasteiger partial charge in [0, 0.05) is 22.5 Å². The van der Waals surface area contributed by atoms with Crippen molar-refractivity contribution in [3.63, 3.8) is 0 Å². The van der Waals surface area contributed by atoms with Gasteiger partial charge in [0.05, 0.1) is 12.8 Å². The zero-order chi connectivity index (χ0) is 26.0. The van der Waals surface area contributed by atoms with Crippen molar-refractivity contribution in [3.05, 3.63) is 94.1 Å². The van der Waals surface area contributed by atoms with Gasteiger partial charge >= 0.3 is 0 Å². The number of benzene rings is 3. The number of hydrogen-bond donors (Lipinski definition) is 2. The molecule has 0 saturated heterocycles. The molecule has 0 aromatic heterocycles. The van der Waals surface area contributed by atoms with Gasteiger partial charge in [0.25, 0.3) is 17.7 Å². The summed E-state index contributed by atoms with van der Waals surface area (Å²) in [6.07, 6.45) is 0. The average Bonchev–Trinajstić information content (AvgIpc) is 3.07. The molecule has 3 aromatic carbocycles. The van der Waals surface area contributed by atoms with Crippen LogP contribution in [-0.2, 0) is 9.59 Å². The van der Waals surface area contributed by atoms with Gasteiger partial charge in [-0.25, -0.2) is 4.90 Å². The fourth-order valence-electron chi connectivity index (χ4n) is 3.65. The first kappa shape index (κ1) is 24.7.